The molecule has 0 aromatic rings. The first-order valence-corrected chi connectivity index (χ1v) is 28.5. The Labute approximate surface area is 414 Å². The summed E-state index contributed by atoms with van der Waals surface area (Å²) in [7, 11) is 0. The SMILES string of the molecule is CC/C=C\C/C=C\CCCCCCCC(=O)OCC(COC(=O)CCCCCCCCC/C=C\CCCCCCCCCC)OC(=O)CCCCCCC\C=C/C=C\C=C/CCCCCCC. The molecule has 0 N–H and O–H groups in total. The molecule has 0 aliphatic rings. The Balaban J connectivity index is 4.40. The van der Waals surface area contributed by atoms with E-state index in [0.29, 0.717) is 19.3 Å². The summed E-state index contributed by atoms with van der Waals surface area (Å²) in [5.74, 6) is -0.923. The van der Waals surface area contributed by atoms with Crippen molar-refractivity contribution in [3.63, 3.8) is 0 Å². The van der Waals surface area contributed by atoms with E-state index in [1.54, 1.807) is 0 Å². The Morgan fingerprint density at radius 2 is 0.642 bits per heavy atom. The summed E-state index contributed by atoms with van der Waals surface area (Å²) in [6, 6.07) is 0. The van der Waals surface area contributed by atoms with Crippen LogP contribution in [-0.2, 0) is 28.6 Å². The largest absolute Gasteiger partial charge is 0.462 e. The fourth-order valence-electron chi connectivity index (χ4n) is 7.95. The van der Waals surface area contributed by atoms with E-state index in [-0.39, 0.29) is 31.1 Å². The van der Waals surface area contributed by atoms with Crippen molar-refractivity contribution in [2.45, 2.75) is 284 Å². The van der Waals surface area contributed by atoms with E-state index < -0.39 is 6.10 Å². The predicted molar refractivity (Wildman–Crippen MR) is 288 cm³/mol. The molecule has 1 unspecified atom stereocenters. The van der Waals surface area contributed by atoms with Crippen LogP contribution in [0.4, 0.5) is 0 Å². The van der Waals surface area contributed by atoms with Gasteiger partial charge in [0.1, 0.15) is 13.2 Å². The molecule has 1 atom stereocenters. The molecule has 0 rings (SSSR count). The Morgan fingerprint density at radius 1 is 0.328 bits per heavy atom. The highest BCUT2D eigenvalue weighted by Gasteiger charge is 2.19. The van der Waals surface area contributed by atoms with Crippen LogP contribution < -0.4 is 0 Å². The van der Waals surface area contributed by atoms with Crippen LogP contribution in [0, 0.1) is 0 Å². The molecule has 0 aliphatic heterocycles. The van der Waals surface area contributed by atoms with Gasteiger partial charge in [-0.2, -0.15) is 0 Å². The number of carbonyl (C=O) groups excluding carboxylic acids is 3. The lowest BCUT2D eigenvalue weighted by Crippen LogP contribution is -2.30. The number of rotatable bonds is 51. The quantitative estimate of drug-likeness (QED) is 0.0199. The molecule has 0 saturated heterocycles. The smallest absolute Gasteiger partial charge is 0.306 e. The zero-order chi connectivity index (χ0) is 48.6. The van der Waals surface area contributed by atoms with Crippen molar-refractivity contribution in [1.82, 2.24) is 0 Å². The van der Waals surface area contributed by atoms with Gasteiger partial charge in [-0.1, -0.05) is 235 Å². The summed E-state index contributed by atoms with van der Waals surface area (Å²) in [5, 5.41) is 0. The zero-order valence-electron chi connectivity index (χ0n) is 44.2. The van der Waals surface area contributed by atoms with E-state index in [0.717, 1.165) is 116 Å². The minimum atomic E-state index is -0.794. The monoisotopic (exact) mass is 935 g/mol. The van der Waals surface area contributed by atoms with Gasteiger partial charge in [0.15, 0.2) is 6.10 Å². The van der Waals surface area contributed by atoms with Crippen LogP contribution in [0.15, 0.2) is 72.9 Å². The first kappa shape index (κ1) is 63.8. The molecule has 0 aromatic carbocycles. The van der Waals surface area contributed by atoms with E-state index in [2.05, 4.69) is 93.7 Å². The fourth-order valence-corrected chi connectivity index (χ4v) is 7.95. The van der Waals surface area contributed by atoms with Crippen molar-refractivity contribution in [3.8, 4) is 0 Å². The Kier molecular flexibility index (Phi) is 52.8. The van der Waals surface area contributed by atoms with E-state index in [9.17, 15) is 14.4 Å². The van der Waals surface area contributed by atoms with Gasteiger partial charge in [0.05, 0.1) is 0 Å². The fraction of sp³-hybridized carbons (Fsp3) is 0.754. The van der Waals surface area contributed by atoms with Crippen LogP contribution in [0.25, 0.3) is 0 Å². The molecule has 0 spiro atoms. The molecular weight excluding hydrogens is 829 g/mol. The number of carbonyl (C=O) groups is 3. The summed E-state index contributed by atoms with van der Waals surface area (Å²) in [6.45, 7) is 6.50. The highest BCUT2D eigenvalue weighted by Crippen LogP contribution is 2.15. The van der Waals surface area contributed by atoms with Crippen molar-refractivity contribution < 1.29 is 28.6 Å². The average molecular weight is 936 g/mol. The first-order valence-electron chi connectivity index (χ1n) is 28.5. The van der Waals surface area contributed by atoms with Crippen LogP contribution in [0.5, 0.6) is 0 Å². The minimum Gasteiger partial charge on any atom is -0.462 e. The van der Waals surface area contributed by atoms with Gasteiger partial charge in [-0.25, -0.2) is 0 Å². The molecule has 0 amide bonds. The average Bonchev–Trinajstić information content (AvgIpc) is 3.33. The third-order valence-corrected chi connectivity index (χ3v) is 12.2. The van der Waals surface area contributed by atoms with Gasteiger partial charge in [-0.05, 0) is 96.3 Å². The maximum absolute atomic E-state index is 12.8. The van der Waals surface area contributed by atoms with Gasteiger partial charge >= 0.3 is 17.9 Å². The Morgan fingerprint density at radius 3 is 1.03 bits per heavy atom. The van der Waals surface area contributed by atoms with Gasteiger partial charge in [-0.15, -0.1) is 0 Å². The lowest BCUT2D eigenvalue weighted by molar-refractivity contribution is -0.167. The summed E-state index contributed by atoms with van der Waals surface area (Å²) in [6.07, 6.45) is 70.3. The number of hydrogen-bond acceptors (Lipinski definition) is 6. The number of ether oxygens (including phenoxy) is 3. The normalized spacial score (nSPS) is 12.6. The van der Waals surface area contributed by atoms with Crippen molar-refractivity contribution >= 4 is 17.9 Å². The van der Waals surface area contributed by atoms with Crippen molar-refractivity contribution in [3.05, 3.63) is 72.9 Å². The molecule has 67 heavy (non-hydrogen) atoms. The van der Waals surface area contributed by atoms with Crippen molar-refractivity contribution in [2.24, 2.45) is 0 Å². The number of unbranched alkanes of at least 4 members (excludes halogenated alkanes) is 30. The van der Waals surface area contributed by atoms with Gasteiger partial charge < -0.3 is 14.2 Å². The van der Waals surface area contributed by atoms with Crippen LogP contribution in [0.2, 0.25) is 0 Å². The van der Waals surface area contributed by atoms with E-state index in [1.165, 1.54) is 122 Å². The maximum atomic E-state index is 12.8. The summed E-state index contributed by atoms with van der Waals surface area (Å²) in [5.41, 5.74) is 0. The van der Waals surface area contributed by atoms with Gasteiger partial charge in [0, 0.05) is 19.3 Å². The van der Waals surface area contributed by atoms with Crippen LogP contribution in [-0.4, -0.2) is 37.2 Å². The first-order chi connectivity index (χ1) is 33.0. The van der Waals surface area contributed by atoms with Crippen LogP contribution in [0.1, 0.15) is 278 Å². The van der Waals surface area contributed by atoms with Gasteiger partial charge in [-0.3, -0.25) is 14.4 Å². The van der Waals surface area contributed by atoms with Gasteiger partial charge in [0.25, 0.3) is 0 Å². The second kappa shape index (κ2) is 55.4. The molecule has 0 radical (unpaired) electrons. The Hall–Kier alpha value is -3.15. The highest BCUT2D eigenvalue weighted by atomic mass is 16.6. The third-order valence-electron chi connectivity index (χ3n) is 12.2. The lowest BCUT2D eigenvalue weighted by Gasteiger charge is -2.18. The molecule has 0 heterocycles. The second-order valence-corrected chi connectivity index (χ2v) is 18.9. The second-order valence-electron chi connectivity index (χ2n) is 18.9. The predicted octanol–water partition coefficient (Wildman–Crippen LogP) is 19.0. The molecule has 6 nitrogen and oxygen atoms in total. The molecule has 6 heteroatoms. The molecule has 0 bridgehead atoms. The van der Waals surface area contributed by atoms with Crippen molar-refractivity contribution in [2.75, 3.05) is 13.2 Å². The van der Waals surface area contributed by atoms with Crippen LogP contribution in [0.3, 0.4) is 0 Å². The van der Waals surface area contributed by atoms with E-state index in [1.807, 2.05) is 0 Å². The summed E-state index contributed by atoms with van der Waals surface area (Å²) >= 11 is 0. The molecular formula is C61H106O6. The van der Waals surface area contributed by atoms with Crippen molar-refractivity contribution in [1.29, 1.82) is 0 Å². The summed E-state index contributed by atoms with van der Waals surface area (Å²) in [4.78, 5) is 38.1. The molecule has 0 aromatic heterocycles. The standard InChI is InChI=1S/C61H106O6/c1-4-7-10-13-16-19-22-25-27-29-31-33-34-36-39-42-45-48-51-54-60(63)66-57-58(56-65-59(62)53-50-47-44-41-38-24-21-18-15-12-9-6-3)67-61(64)55-52-49-46-43-40-37-35-32-30-28-26-23-20-17-14-11-8-5-2/h9,12,18,21,23,26,28-32,35,58H,4-8,10-11,13-17,19-20,22,24-25,27,33-34,36-57H2,1-3H3/b12-9-,21-18-,26-23-,30-28-,31-29-,35-32-. The van der Waals surface area contributed by atoms with E-state index in [4.69, 9.17) is 14.2 Å². The number of esters is 3. The van der Waals surface area contributed by atoms with Crippen LogP contribution >= 0.6 is 0 Å². The Bertz CT molecular complexity index is 1260. The lowest BCUT2D eigenvalue weighted by atomic mass is 10.1. The third kappa shape index (κ3) is 53.7. The maximum Gasteiger partial charge on any atom is 0.306 e. The minimum absolute atomic E-state index is 0.0904. The topological polar surface area (TPSA) is 78.9 Å². The molecule has 0 aliphatic carbocycles. The molecule has 0 saturated carbocycles. The number of allylic oxidation sites excluding steroid dienone is 12. The molecule has 0 fully saturated rings. The summed E-state index contributed by atoms with van der Waals surface area (Å²) < 4.78 is 16.8. The highest BCUT2D eigenvalue weighted by molar-refractivity contribution is 5.71. The number of hydrogen-bond donors (Lipinski definition) is 0. The molecule has 386 valence electrons. The van der Waals surface area contributed by atoms with E-state index >= 15 is 0 Å². The van der Waals surface area contributed by atoms with Gasteiger partial charge in [0.2, 0.25) is 0 Å². The zero-order valence-corrected chi connectivity index (χ0v) is 44.2.